The van der Waals surface area contributed by atoms with Gasteiger partial charge < -0.3 is 14.6 Å². The third kappa shape index (κ3) is 2.73. The van der Waals surface area contributed by atoms with Crippen LogP contribution in [0.25, 0.3) is 16.5 Å². The number of fused-ring (bicyclic) bond motifs is 2. The highest BCUT2D eigenvalue weighted by Gasteiger charge is 2.22. The first-order valence-corrected chi connectivity index (χ1v) is 9.79. The second-order valence-corrected chi connectivity index (χ2v) is 7.47. The zero-order valence-electron chi connectivity index (χ0n) is 16.0. The van der Waals surface area contributed by atoms with Crippen LogP contribution in [-0.4, -0.2) is 30.2 Å². The number of rotatable bonds is 3. The second kappa shape index (κ2) is 6.72. The van der Waals surface area contributed by atoms with E-state index in [1.165, 1.54) is 27.8 Å². The van der Waals surface area contributed by atoms with Crippen molar-refractivity contribution in [1.82, 2.24) is 9.97 Å². The number of H-pyrrole nitrogens is 1. The number of aromatic amines is 1. The summed E-state index contributed by atoms with van der Waals surface area (Å²) in [6, 6.07) is 10.5. The number of pyridine rings is 1. The summed E-state index contributed by atoms with van der Waals surface area (Å²) in [4.78, 5) is 10.5. The highest BCUT2D eigenvalue weighted by molar-refractivity contribution is 5.94. The molecule has 1 aliphatic carbocycles. The van der Waals surface area contributed by atoms with Gasteiger partial charge in [0.2, 0.25) is 0 Å². The van der Waals surface area contributed by atoms with Gasteiger partial charge in [0.15, 0.2) is 0 Å². The molecule has 0 radical (unpaired) electrons. The molecule has 3 heterocycles. The van der Waals surface area contributed by atoms with Crippen molar-refractivity contribution in [1.29, 1.82) is 5.26 Å². The second-order valence-electron chi connectivity index (χ2n) is 7.47. The Bertz CT molecular complexity index is 1140. The van der Waals surface area contributed by atoms with Crippen LogP contribution >= 0.6 is 0 Å². The van der Waals surface area contributed by atoms with Gasteiger partial charge in [-0.15, -0.1) is 0 Å². The van der Waals surface area contributed by atoms with Crippen molar-refractivity contribution in [3.05, 3.63) is 58.9 Å². The lowest BCUT2D eigenvalue weighted by Gasteiger charge is -2.28. The number of hydrogen-bond acceptors (Lipinski definition) is 4. The van der Waals surface area contributed by atoms with Crippen LogP contribution in [0.1, 0.15) is 35.2 Å². The van der Waals surface area contributed by atoms with Gasteiger partial charge in [-0.3, -0.25) is 0 Å². The number of anilines is 1. The van der Waals surface area contributed by atoms with Crippen molar-refractivity contribution in [2.75, 3.05) is 25.1 Å². The normalized spacial score (nSPS) is 16.0. The summed E-state index contributed by atoms with van der Waals surface area (Å²) in [5.74, 6) is 1.71. The van der Waals surface area contributed by atoms with E-state index in [1.807, 2.05) is 6.07 Å². The van der Waals surface area contributed by atoms with Gasteiger partial charge in [0.25, 0.3) is 0 Å². The minimum atomic E-state index is 0.703. The van der Waals surface area contributed by atoms with Gasteiger partial charge in [-0.05, 0) is 61.1 Å². The lowest BCUT2D eigenvalue weighted by atomic mass is 9.98. The Hall–Kier alpha value is -3.26. The molecule has 0 spiro atoms. The van der Waals surface area contributed by atoms with Crippen molar-refractivity contribution < 1.29 is 4.74 Å². The molecule has 0 saturated heterocycles. The number of benzene rings is 1. The Morgan fingerprint density at radius 3 is 2.93 bits per heavy atom. The minimum Gasteiger partial charge on any atom is -0.497 e. The largest absolute Gasteiger partial charge is 0.497 e. The number of nitriles is 1. The topological polar surface area (TPSA) is 64.9 Å². The van der Waals surface area contributed by atoms with Crippen LogP contribution in [0, 0.1) is 11.3 Å². The minimum absolute atomic E-state index is 0.703. The number of nitrogens with one attached hydrogen (secondary N) is 1. The molecule has 5 rings (SSSR count). The molecule has 3 aromatic rings. The fourth-order valence-corrected chi connectivity index (χ4v) is 4.38. The van der Waals surface area contributed by atoms with Crippen molar-refractivity contribution >= 4 is 22.3 Å². The molecule has 0 atom stereocenters. The summed E-state index contributed by atoms with van der Waals surface area (Å²) in [5.41, 5.74) is 6.81. The molecule has 0 amide bonds. The highest BCUT2D eigenvalue weighted by Crippen LogP contribution is 2.33. The third-order valence-corrected chi connectivity index (χ3v) is 5.89. The summed E-state index contributed by atoms with van der Waals surface area (Å²) in [6.07, 6.45) is 8.49. The fraction of sp³-hybridized carbons (Fsp3) is 0.304. The zero-order chi connectivity index (χ0) is 19.1. The maximum atomic E-state index is 9.60. The van der Waals surface area contributed by atoms with Gasteiger partial charge in [0.05, 0.1) is 12.7 Å². The quantitative estimate of drug-likeness (QED) is 0.749. The Morgan fingerprint density at radius 1 is 1.21 bits per heavy atom. The molecule has 0 unspecified atom stereocenters. The van der Waals surface area contributed by atoms with Gasteiger partial charge in [0, 0.05) is 41.4 Å². The monoisotopic (exact) mass is 370 g/mol. The summed E-state index contributed by atoms with van der Waals surface area (Å²) >= 11 is 0. The summed E-state index contributed by atoms with van der Waals surface area (Å²) in [5, 5.41) is 10.8. The van der Waals surface area contributed by atoms with E-state index in [0.29, 0.717) is 5.56 Å². The Balaban J connectivity index is 1.46. The molecule has 5 heteroatoms. The van der Waals surface area contributed by atoms with E-state index in [4.69, 9.17) is 9.72 Å². The maximum absolute atomic E-state index is 9.60. The molecule has 2 aromatic heterocycles. The van der Waals surface area contributed by atoms with Crippen molar-refractivity contribution in [2.45, 2.75) is 25.7 Å². The number of aromatic nitrogens is 2. The first-order valence-electron chi connectivity index (χ1n) is 9.79. The van der Waals surface area contributed by atoms with Crippen LogP contribution in [0.15, 0.2) is 36.5 Å². The Kier molecular flexibility index (Phi) is 4.05. The van der Waals surface area contributed by atoms with E-state index in [-0.39, 0.29) is 0 Å². The van der Waals surface area contributed by atoms with Gasteiger partial charge >= 0.3 is 0 Å². The fourth-order valence-electron chi connectivity index (χ4n) is 4.38. The number of ether oxygens (including phenoxy) is 1. The first-order chi connectivity index (χ1) is 13.8. The number of nitrogens with zero attached hydrogens (tertiary/aromatic N) is 3. The van der Waals surface area contributed by atoms with Gasteiger partial charge in [-0.2, -0.15) is 5.26 Å². The molecule has 28 heavy (non-hydrogen) atoms. The molecule has 0 bridgehead atoms. The smallest absolute Gasteiger partial charge is 0.147 e. The maximum Gasteiger partial charge on any atom is 0.147 e. The van der Waals surface area contributed by atoms with Crippen molar-refractivity contribution in [3.8, 4) is 11.8 Å². The average Bonchev–Trinajstić information content (AvgIpc) is 3.38. The molecule has 0 saturated carbocycles. The van der Waals surface area contributed by atoms with E-state index in [2.05, 4.69) is 46.4 Å². The van der Waals surface area contributed by atoms with Crippen molar-refractivity contribution in [3.63, 3.8) is 0 Å². The van der Waals surface area contributed by atoms with Crippen LogP contribution < -0.4 is 9.64 Å². The Morgan fingerprint density at radius 2 is 2.14 bits per heavy atom. The molecule has 0 fully saturated rings. The van der Waals surface area contributed by atoms with Gasteiger partial charge in [0.1, 0.15) is 17.6 Å². The predicted octanol–water partition coefficient (Wildman–Crippen LogP) is 4.23. The van der Waals surface area contributed by atoms with Crippen LogP contribution in [0.3, 0.4) is 0 Å². The van der Waals surface area contributed by atoms with Crippen molar-refractivity contribution in [2.24, 2.45) is 0 Å². The molecule has 1 N–H and O–H groups in total. The summed E-state index contributed by atoms with van der Waals surface area (Å²) in [6.45, 7) is 1.63. The molecule has 1 aliphatic heterocycles. The molecule has 140 valence electrons. The highest BCUT2D eigenvalue weighted by atomic mass is 16.5. The van der Waals surface area contributed by atoms with Gasteiger partial charge in [-0.1, -0.05) is 6.08 Å². The van der Waals surface area contributed by atoms with Gasteiger partial charge in [-0.25, -0.2) is 4.98 Å². The number of methoxy groups -OCH3 is 1. The average molecular weight is 370 g/mol. The molecular weight excluding hydrogens is 348 g/mol. The van der Waals surface area contributed by atoms with E-state index in [9.17, 15) is 5.26 Å². The summed E-state index contributed by atoms with van der Waals surface area (Å²) in [7, 11) is 1.70. The van der Waals surface area contributed by atoms with E-state index in [1.54, 1.807) is 7.11 Å². The Labute approximate surface area is 164 Å². The van der Waals surface area contributed by atoms with Crippen LogP contribution in [-0.2, 0) is 12.8 Å². The number of aryl methyl sites for hydroxylation is 2. The summed E-state index contributed by atoms with van der Waals surface area (Å²) < 4.78 is 5.39. The molecule has 2 aliphatic rings. The predicted molar refractivity (Wildman–Crippen MR) is 111 cm³/mol. The van der Waals surface area contributed by atoms with Crippen LogP contribution in [0.4, 0.5) is 5.82 Å². The molecule has 5 nitrogen and oxygen atoms in total. The number of hydrogen-bond donors (Lipinski definition) is 1. The lowest BCUT2D eigenvalue weighted by molar-refractivity contribution is 0.415. The SMILES string of the molecule is COc1ccc2[nH]cc(C3=CCN(c4nc5c(cc4C#N)CCC5)CC3)c2c1. The standard InChI is InChI=1S/C23H22N4O/c1-28-18-5-6-22-19(12-18)20(14-25-22)15-7-9-27(10-8-15)23-17(13-24)11-16-3-2-4-21(16)26-23/h5-7,11-12,14,25H,2-4,8-10H2,1H3. The lowest BCUT2D eigenvalue weighted by Crippen LogP contribution is -2.30. The van der Waals surface area contributed by atoms with E-state index < -0.39 is 0 Å². The molecular formula is C23H22N4O. The zero-order valence-corrected chi connectivity index (χ0v) is 16.0. The first kappa shape index (κ1) is 16.9. The third-order valence-electron chi connectivity index (χ3n) is 5.89. The van der Waals surface area contributed by atoms with E-state index in [0.717, 1.165) is 55.9 Å². The molecule has 1 aromatic carbocycles. The van der Waals surface area contributed by atoms with Crippen LogP contribution in [0.5, 0.6) is 5.75 Å². The van der Waals surface area contributed by atoms with E-state index >= 15 is 0 Å². The van der Waals surface area contributed by atoms with Crippen LogP contribution in [0.2, 0.25) is 0 Å².